The van der Waals surface area contributed by atoms with Crippen LogP contribution in [0.1, 0.15) is 5.56 Å². The zero-order valence-corrected chi connectivity index (χ0v) is 8.83. The Bertz CT molecular complexity index is 361. The molecule has 0 unspecified atom stereocenters. The van der Waals surface area contributed by atoms with Crippen molar-refractivity contribution in [3.63, 3.8) is 0 Å². The van der Waals surface area contributed by atoms with Gasteiger partial charge in [-0.25, -0.2) is 0 Å². The highest BCUT2D eigenvalue weighted by atomic mass is 35.5. The summed E-state index contributed by atoms with van der Waals surface area (Å²) < 4.78 is 40.5. The number of benzene rings is 1. The molecule has 0 saturated heterocycles. The average Bonchev–Trinajstić information content (AvgIpc) is 2.14. The predicted octanol–water partition coefficient (Wildman–Crippen LogP) is 3.21. The number of alkyl halides is 3. The van der Waals surface area contributed by atoms with E-state index in [1.807, 2.05) is 0 Å². The second-order valence-electron chi connectivity index (χ2n) is 2.55. The van der Waals surface area contributed by atoms with E-state index in [1.54, 1.807) is 0 Å². The van der Waals surface area contributed by atoms with Gasteiger partial charge in [0.05, 0.1) is 12.1 Å². The number of nitrogens with zero attached hydrogens (tertiary/aromatic N) is 1. The van der Waals surface area contributed by atoms with Gasteiger partial charge in [0.15, 0.2) is 5.71 Å². The molecule has 0 spiro atoms. The summed E-state index contributed by atoms with van der Waals surface area (Å²) in [6.07, 6.45) is -4.53. The van der Waals surface area contributed by atoms with Crippen LogP contribution in [0.4, 0.5) is 13.2 Å². The van der Waals surface area contributed by atoms with Crippen molar-refractivity contribution < 1.29 is 13.2 Å². The third kappa shape index (κ3) is 3.40. The van der Waals surface area contributed by atoms with Gasteiger partial charge in [0.2, 0.25) is 0 Å². The van der Waals surface area contributed by atoms with Crippen LogP contribution >= 0.6 is 23.7 Å². The third-order valence-corrected chi connectivity index (χ3v) is 2.07. The minimum atomic E-state index is -4.53. The first-order valence-electron chi connectivity index (χ1n) is 3.72. The molecular weight excluding hydrogens is 249 g/mol. The molecule has 2 N–H and O–H groups in total. The molecule has 1 aromatic rings. The van der Waals surface area contributed by atoms with Gasteiger partial charge in [-0.3, -0.25) is 5.14 Å². The van der Waals surface area contributed by atoms with Gasteiger partial charge in [0, 0.05) is 10.6 Å². The van der Waals surface area contributed by atoms with Crippen LogP contribution < -0.4 is 5.14 Å². The van der Waals surface area contributed by atoms with E-state index in [9.17, 15) is 13.2 Å². The van der Waals surface area contributed by atoms with Gasteiger partial charge in [-0.1, -0.05) is 23.7 Å². The van der Waals surface area contributed by atoms with Crippen LogP contribution in [0.25, 0.3) is 0 Å². The first kappa shape index (κ1) is 12.4. The van der Waals surface area contributed by atoms with Crippen LogP contribution in [0.3, 0.4) is 0 Å². The van der Waals surface area contributed by atoms with E-state index in [1.165, 1.54) is 24.3 Å². The molecule has 1 aromatic carbocycles. The molecule has 0 fully saturated rings. The van der Waals surface area contributed by atoms with Crippen molar-refractivity contribution in [1.82, 2.24) is 0 Å². The van der Waals surface area contributed by atoms with Crippen LogP contribution in [0.5, 0.6) is 0 Å². The summed E-state index contributed by atoms with van der Waals surface area (Å²) in [5, 5.41) is 5.26. The van der Waals surface area contributed by atoms with Gasteiger partial charge in [0.25, 0.3) is 0 Å². The van der Waals surface area contributed by atoms with Gasteiger partial charge < -0.3 is 0 Å². The average molecular weight is 255 g/mol. The fourth-order valence-corrected chi connectivity index (χ4v) is 1.37. The lowest BCUT2D eigenvalue weighted by Gasteiger charge is -2.09. The number of hydrogen-bond donors (Lipinski definition) is 1. The second kappa shape index (κ2) is 4.87. The smallest absolute Gasteiger partial charge is 0.258 e. The maximum absolute atomic E-state index is 12.5. The van der Waals surface area contributed by atoms with E-state index in [-0.39, 0.29) is 17.7 Å². The normalized spacial score (nSPS) is 13.0. The fourth-order valence-electron chi connectivity index (χ4n) is 0.929. The highest BCUT2D eigenvalue weighted by Gasteiger charge is 2.36. The molecule has 2 nitrogen and oxygen atoms in total. The Kier molecular flexibility index (Phi) is 4.01. The summed E-state index contributed by atoms with van der Waals surface area (Å²) in [5.74, 6) is 0. The van der Waals surface area contributed by atoms with Crippen molar-refractivity contribution in [1.29, 1.82) is 0 Å². The zero-order chi connectivity index (χ0) is 11.5. The van der Waals surface area contributed by atoms with Crippen molar-refractivity contribution in [2.24, 2.45) is 9.54 Å². The summed E-state index contributed by atoms with van der Waals surface area (Å²) >= 11 is 5.83. The van der Waals surface area contributed by atoms with Crippen LogP contribution in [0, 0.1) is 0 Å². The van der Waals surface area contributed by atoms with Gasteiger partial charge in [-0.15, -0.1) is 0 Å². The van der Waals surface area contributed by atoms with E-state index in [0.717, 1.165) is 0 Å². The first-order chi connectivity index (χ1) is 6.95. The van der Waals surface area contributed by atoms with E-state index in [2.05, 4.69) is 4.40 Å². The van der Waals surface area contributed by atoms with Crippen LogP contribution in [0.15, 0.2) is 28.7 Å². The van der Waals surface area contributed by atoms with Crippen LogP contribution in [0.2, 0.25) is 5.02 Å². The SMILES string of the molecule is NS/N=C(/c1ccc(Cl)cc1)C(F)(F)F. The first-order valence-corrected chi connectivity index (χ1v) is 4.93. The van der Waals surface area contributed by atoms with Crippen molar-refractivity contribution in [3.05, 3.63) is 34.9 Å². The second-order valence-corrected chi connectivity index (χ2v) is 3.38. The molecule has 0 radical (unpaired) electrons. The standard InChI is InChI=1S/C8H6ClF3N2S/c9-6-3-1-5(2-4-6)7(14-15-13)8(10,11)12/h1-4H,13H2/b14-7-. The Morgan fingerprint density at radius 3 is 2.20 bits per heavy atom. The van der Waals surface area contributed by atoms with E-state index < -0.39 is 11.9 Å². The molecule has 0 heterocycles. The summed E-state index contributed by atoms with van der Waals surface area (Å²) in [7, 11) is 0. The summed E-state index contributed by atoms with van der Waals surface area (Å²) in [5.41, 5.74) is -1.09. The molecule has 0 amide bonds. The Morgan fingerprint density at radius 1 is 1.27 bits per heavy atom. The van der Waals surface area contributed by atoms with Crippen molar-refractivity contribution in [2.45, 2.75) is 6.18 Å². The van der Waals surface area contributed by atoms with Gasteiger partial charge in [-0.2, -0.15) is 17.6 Å². The highest BCUT2D eigenvalue weighted by molar-refractivity contribution is 7.95. The molecular formula is C8H6ClF3N2S. The Hall–Kier alpha value is -0.720. The fraction of sp³-hybridized carbons (Fsp3) is 0.125. The summed E-state index contributed by atoms with van der Waals surface area (Å²) in [4.78, 5) is 0. The van der Waals surface area contributed by atoms with Gasteiger partial charge in [0.1, 0.15) is 0 Å². The van der Waals surface area contributed by atoms with Crippen LogP contribution in [-0.2, 0) is 0 Å². The van der Waals surface area contributed by atoms with Gasteiger partial charge >= 0.3 is 6.18 Å². The van der Waals surface area contributed by atoms with E-state index in [4.69, 9.17) is 16.7 Å². The Balaban J connectivity index is 3.11. The van der Waals surface area contributed by atoms with Crippen molar-refractivity contribution >= 4 is 29.4 Å². The molecule has 0 atom stereocenters. The van der Waals surface area contributed by atoms with Crippen molar-refractivity contribution in [3.8, 4) is 0 Å². The molecule has 0 aliphatic heterocycles. The largest absolute Gasteiger partial charge is 0.434 e. The third-order valence-electron chi connectivity index (χ3n) is 1.53. The Labute approximate surface area is 93.6 Å². The molecule has 7 heteroatoms. The molecule has 0 aliphatic rings. The molecule has 0 saturated carbocycles. The molecule has 1 rings (SSSR count). The predicted molar refractivity (Wildman–Crippen MR) is 55.8 cm³/mol. The maximum Gasteiger partial charge on any atom is 0.434 e. The minimum absolute atomic E-state index is 0.0650. The summed E-state index contributed by atoms with van der Waals surface area (Å²) in [6, 6.07) is 5.20. The Morgan fingerprint density at radius 2 is 1.80 bits per heavy atom. The lowest BCUT2D eigenvalue weighted by atomic mass is 10.1. The molecule has 0 bridgehead atoms. The number of halogens is 4. The van der Waals surface area contributed by atoms with Crippen LogP contribution in [-0.4, -0.2) is 11.9 Å². The molecule has 82 valence electrons. The zero-order valence-electron chi connectivity index (χ0n) is 7.25. The molecule has 15 heavy (non-hydrogen) atoms. The quantitative estimate of drug-likeness (QED) is 0.650. The van der Waals surface area contributed by atoms with Crippen molar-refractivity contribution in [2.75, 3.05) is 0 Å². The molecule has 0 aromatic heterocycles. The summed E-state index contributed by atoms with van der Waals surface area (Å²) in [6.45, 7) is 0. The lowest BCUT2D eigenvalue weighted by Crippen LogP contribution is -2.23. The van der Waals surface area contributed by atoms with E-state index >= 15 is 0 Å². The van der Waals surface area contributed by atoms with Gasteiger partial charge in [-0.05, 0) is 12.1 Å². The maximum atomic E-state index is 12.5. The highest BCUT2D eigenvalue weighted by Crippen LogP contribution is 2.24. The lowest BCUT2D eigenvalue weighted by molar-refractivity contribution is -0.0578. The monoisotopic (exact) mass is 254 g/mol. The number of rotatable bonds is 2. The number of nitrogens with two attached hydrogens (primary N) is 1. The number of hydrogen-bond acceptors (Lipinski definition) is 3. The minimum Gasteiger partial charge on any atom is -0.258 e. The molecule has 0 aliphatic carbocycles. The topological polar surface area (TPSA) is 38.4 Å². The van der Waals surface area contributed by atoms with E-state index in [0.29, 0.717) is 5.02 Å².